The van der Waals surface area contributed by atoms with Crippen LogP contribution in [0.4, 0.5) is 0 Å². The van der Waals surface area contributed by atoms with Crippen LogP contribution in [0.25, 0.3) is 0 Å². The van der Waals surface area contributed by atoms with E-state index in [-0.39, 0.29) is 25.7 Å². The molecule has 10 N–H and O–H groups in total. The van der Waals surface area contributed by atoms with Crippen LogP contribution in [0.2, 0.25) is 0 Å². The van der Waals surface area contributed by atoms with Gasteiger partial charge in [-0.1, -0.05) is 361 Å². The molecule has 3 fully saturated rings. The van der Waals surface area contributed by atoms with Crippen molar-refractivity contribution in [3.63, 3.8) is 0 Å². The number of phosphoric ester groups is 1. The molecule has 25 nitrogen and oxygen atoms in total. The molecule has 2 aliphatic heterocycles. The molecular formula is C93H173O25P. The van der Waals surface area contributed by atoms with Crippen LogP contribution in [0.5, 0.6) is 0 Å². The maximum atomic E-state index is 14.9. The Balaban J connectivity index is 1.90. The Bertz CT molecular complexity index is 2520. The summed E-state index contributed by atoms with van der Waals surface area (Å²) < 4.78 is 73.5. The number of unbranched alkanes of at least 4 members (excludes halogenated alkanes) is 53. The zero-order valence-electron chi connectivity index (χ0n) is 74.7. The van der Waals surface area contributed by atoms with E-state index in [9.17, 15) is 74.6 Å². The second kappa shape index (κ2) is 72.3. The highest BCUT2D eigenvalue weighted by molar-refractivity contribution is 7.47. The molecule has 700 valence electrons. The summed E-state index contributed by atoms with van der Waals surface area (Å²) in [5.41, 5.74) is 0. The first-order chi connectivity index (χ1) is 57.7. The minimum atomic E-state index is -5.80. The van der Waals surface area contributed by atoms with Gasteiger partial charge in [0.05, 0.1) is 13.2 Å². The van der Waals surface area contributed by atoms with Crippen molar-refractivity contribution in [2.45, 2.75) is 530 Å². The number of rotatable bonds is 79. The molecule has 0 amide bonds. The van der Waals surface area contributed by atoms with Crippen LogP contribution < -0.4 is 0 Å². The van der Waals surface area contributed by atoms with Crippen molar-refractivity contribution < 1.29 is 122 Å². The quantitative estimate of drug-likeness (QED) is 0.00889. The van der Waals surface area contributed by atoms with Gasteiger partial charge < -0.3 is 88.7 Å². The molecule has 2 saturated heterocycles. The number of hydrogen-bond donors (Lipinski definition) is 10. The Hall–Kier alpha value is -2.79. The lowest BCUT2D eigenvalue weighted by atomic mass is 9.84. The van der Waals surface area contributed by atoms with Crippen molar-refractivity contribution in [3.8, 4) is 0 Å². The van der Waals surface area contributed by atoms with Gasteiger partial charge in [-0.3, -0.25) is 28.2 Å². The highest BCUT2D eigenvalue weighted by Crippen LogP contribution is 2.49. The monoisotopic (exact) mass is 1720 g/mol. The van der Waals surface area contributed by atoms with Crippen LogP contribution >= 0.6 is 7.82 Å². The predicted molar refractivity (Wildman–Crippen MR) is 463 cm³/mol. The second-order valence-electron chi connectivity index (χ2n) is 34.6. The Labute approximate surface area is 718 Å². The van der Waals surface area contributed by atoms with E-state index in [1.54, 1.807) is 0 Å². The Kier molecular flexibility index (Phi) is 67.0. The summed E-state index contributed by atoms with van der Waals surface area (Å²) in [5, 5.41) is 102. The molecule has 2 heterocycles. The number of aliphatic hydroxyl groups excluding tert-OH is 9. The van der Waals surface area contributed by atoms with Gasteiger partial charge in [0, 0.05) is 25.7 Å². The number of phosphoric acid groups is 1. The van der Waals surface area contributed by atoms with Crippen LogP contribution in [-0.2, 0) is 70.7 Å². The number of esters is 4. The van der Waals surface area contributed by atoms with Crippen molar-refractivity contribution in [2.75, 3.05) is 26.4 Å². The number of carbonyl (C=O) groups is 4. The van der Waals surface area contributed by atoms with Gasteiger partial charge in [-0.15, -0.1) is 0 Å². The number of aliphatic hydroxyl groups is 9. The molecule has 26 heteroatoms. The Morgan fingerprint density at radius 3 is 1.01 bits per heavy atom. The SMILES string of the molecule is CCCCCC/C=C\CCCCCCCCCC(=O)OCC1OC(OC2C(OC(=O)CCCCCCCCCCCCCCC)C(O)C(O)C(OC3OC(CO)C(O)C(O)C3O)C2OP(=O)(O)OCC(COC(=O)CCCCCCCCCCCCCCCCCC)OC(=O)CCCCCCCCCCCCCCCCCC)C(O)C(O)C1O. The normalized spacial score (nSPS) is 24.8. The smallest absolute Gasteiger partial charge is 0.463 e. The molecule has 18 atom stereocenters. The number of carbonyl (C=O) groups excluding carboxylic acids is 4. The molecule has 18 unspecified atom stereocenters. The zero-order valence-corrected chi connectivity index (χ0v) is 75.6. The second-order valence-corrected chi connectivity index (χ2v) is 36.0. The summed E-state index contributed by atoms with van der Waals surface area (Å²) in [7, 11) is -5.80. The van der Waals surface area contributed by atoms with Gasteiger partial charge in [-0.25, -0.2) is 4.57 Å². The fourth-order valence-corrected chi connectivity index (χ4v) is 17.0. The standard InChI is InChI=1S/C93H173O25P/c1-5-9-13-17-21-25-29-33-36-39-43-45-49-53-57-61-65-76(95)109-70-73(112-78(97)67-63-59-55-51-48-44-40-37-34-30-26-22-18-14-10-6-2)71-111-119(107,108)118-91-89(116-92-86(105)82(101)80(99)74(69-94)113-92)85(104)84(103)88(115-79(98)68-64-60-56-52-47-41-32-28-24-20-16-12-8-4)90(91)117-93-87(106)83(102)81(100)75(114-93)72-110-77(96)66-62-58-54-50-46-42-38-35-31-27-23-19-15-11-7-3/h27,31,73-75,80-94,99-106H,5-26,28-30,32-72H2,1-4H3,(H,107,108)/b31-27-. The van der Waals surface area contributed by atoms with Crippen LogP contribution in [0.15, 0.2) is 12.2 Å². The molecule has 0 radical (unpaired) electrons. The van der Waals surface area contributed by atoms with E-state index >= 15 is 0 Å². The van der Waals surface area contributed by atoms with Gasteiger partial charge in [0.25, 0.3) is 0 Å². The highest BCUT2D eigenvalue weighted by atomic mass is 31.2. The third kappa shape index (κ3) is 52.2. The van der Waals surface area contributed by atoms with Crippen LogP contribution in [0, 0.1) is 0 Å². The summed E-state index contributed by atoms with van der Waals surface area (Å²) in [5.74, 6) is -2.95. The topological polar surface area (TPSA) is 380 Å². The molecule has 0 aromatic carbocycles. The largest absolute Gasteiger partial charge is 0.472 e. The first kappa shape index (κ1) is 110. The van der Waals surface area contributed by atoms with Gasteiger partial charge in [0.2, 0.25) is 0 Å². The number of ether oxygens (including phenoxy) is 8. The molecule has 1 saturated carbocycles. The Morgan fingerprint density at radius 1 is 0.328 bits per heavy atom. The van der Waals surface area contributed by atoms with Gasteiger partial charge in [-0.2, -0.15) is 0 Å². The van der Waals surface area contributed by atoms with Crippen LogP contribution in [-0.4, -0.2) is 205 Å². The van der Waals surface area contributed by atoms with E-state index in [1.165, 1.54) is 193 Å². The first-order valence-corrected chi connectivity index (χ1v) is 49.9. The third-order valence-corrected chi connectivity index (χ3v) is 24.8. The minimum absolute atomic E-state index is 0.0112. The van der Waals surface area contributed by atoms with E-state index in [0.29, 0.717) is 32.1 Å². The summed E-state index contributed by atoms with van der Waals surface area (Å²) >= 11 is 0. The number of hydrogen-bond acceptors (Lipinski definition) is 24. The molecule has 0 aromatic heterocycles. The summed E-state index contributed by atoms with van der Waals surface area (Å²) in [6, 6.07) is 0. The van der Waals surface area contributed by atoms with Crippen LogP contribution in [0.1, 0.15) is 426 Å². The summed E-state index contributed by atoms with van der Waals surface area (Å²) in [6.45, 7) is 5.62. The molecule has 0 bridgehead atoms. The van der Waals surface area contributed by atoms with E-state index in [2.05, 4.69) is 39.8 Å². The fraction of sp³-hybridized carbons (Fsp3) is 0.935. The molecule has 3 aliphatic rings. The van der Waals surface area contributed by atoms with Gasteiger partial charge in [0.1, 0.15) is 92.6 Å². The van der Waals surface area contributed by atoms with Crippen molar-refractivity contribution in [1.29, 1.82) is 0 Å². The maximum Gasteiger partial charge on any atom is 0.472 e. The van der Waals surface area contributed by atoms with Crippen molar-refractivity contribution in [3.05, 3.63) is 12.2 Å². The molecule has 0 aromatic rings. The predicted octanol–water partition coefficient (Wildman–Crippen LogP) is 18.3. The lowest BCUT2D eigenvalue weighted by Gasteiger charge is -2.50. The van der Waals surface area contributed by atoms with E-state index in [1.807, 2.05) is 0 Å². The first-order valence-electron chi connectivity index (χ1n) is 48.4. The van der Waals surface area contributed by atoms with E-state index in [0.717, 1.165) is 148 Å². The van der Waals surface area contributed by atoms with E-state index in [4.69, 9.17) is 46.9 Å². The molecule has 119 heavy (non-hydrogen) atoms. The van der Waals surface area contributed by atoms with Crippen molar-refractivity contribution in [2.24, 2.45) is 0 Å². The van der Waals surface area contributed by atoms with Crippen molar-refractivity contribution >= 4 is 31.7 Å². The fourth-order valence-electron chi connectivity index (χ4n) is 16.1. The minimum Gasteiger partial charge on any atom is -0.463 e. The Morgan fingerprint density at radius 2 is 0.630 bits per heavy atom. The van der Waals surface area contributed by atoms with Gasteiger partial charge in [0.15, 0.2) is 24.8 Å². The van der Waals surface area contributed by atoms with Gasteiger partial charge >= 0.3 is 31.7 Å². The highest BCUT2D eigenvalue weighted by Gasteiger charge is 2.60. The maximum absolute atomic E-state index is 14.9. The summed E-state index contributed by atoms with van der Waals surface area (Å²) in [6.07, 6.45) is 31.9. The zero-order chi connectivity index (χ0) is 86.8. The molecular weight excluding hydrogens is 1550 g/mol. The lowest BCUT2D eigenvalue weighted by molar-refractivity contribution is -0.360. The average molecular weight is 1720 g/mol. The molecule has 3 rings (SSSR count). The van der Waals surface area contributed by atoms with Crippen LogP contribution in [0.3, 0.4) is 0 Å². The molecule has 0 spiro atoms. The summed E-state index contributed by atoms with van der Waals surface area (Å²) in [4.78, 5) is 66.5. The third-order valence-electron chi connectivity index (χ3n) is 23.8. The van der Waals surface area contributed by atoms with Crippen molar-refractivity contribution in [1.82, 2.24) is 0 Å². The number of allylic oxidation sites excluding steroid dienone is 2. The lowest BCUT2D eigenvalue weighted by Crippen LogP contribution is -2.70. The molecule has 1 aliphatic carbocycles. The van der Waals surface area contributed by atoms with Gasteiger partial charge in [-0.05, 0) is 51.4 Å². The van der Waals surface area contributed by atoms with E-state index < -0.39 is 162 Å². The average Bonchev–Trinajstić information content (AvgIpc) is 0.754.